The molecule has 158 valence electrons. The highest BCUT2D eigenvalue weighted by Crippen LogP contribution is 2.47. The summed E-state index contributed by atoms with van der Waals surface area (Å²) >= 11 is 6.53. The predicted octanol–water partition coefficient (Wildman–Crippen LogP) is 4.55. The number of benzene rings is 2. The Hall–Kier alpha value is -2.77. The number of carbonyl (C=O) groups excluding carboxylic acids is 3. The number of rotatable bonds is 6. The van der Waals surface area contributed by atoms with E-state index in [4.69, 9.17) is 17.0 Å². The molecule has 1 amide bonds. The molecule has 2 aromatic carbocycles. The zero-order valence-corrected chi connectivity index (χ0v) is 18.6. The number of hydrogen-bond acceptors (Lipinski definition) is 6. The van der Waals surface area contributed by atoms with Crippen molar-refractivity contribution in [3.63, 3.8) is 0 Å². The molecule has 5 nitrogen and oxygen atoms in total. The van der Waals surface area contributed by atoms with E-state index in [0.717, 1.165) is 28.6 Å². The summed E-state index contributed by atoms with van der Waals surface area (Å²) in [6, 6.07) is 17.2. The molecule has 4 rings (SSSR count). The number of amides is 1. The maximum atomic E-state index is 13.4. The molecule has 1 saturated heterocycles. The first-order valence-corrected chi connectivity index (χ1v) is 11.3. The van der Waals surface area contributed by atoms with Gasteiger partial charge in [-0.3, -0.25) is 14.4 Å². The number of Topliss-reactive ketones (excluding diaryl/α,β-unsaturated/α-hetero) is 1. The largest absolute Gasteiger partial charge is 0.466 e. The van der Waals surface area contributed by atoms with Crippen molar-refractivity contribution in [2.45, 2.75) is 26.3 Å². The van der Waals surface area contributed by atoms with Gasteiger partial charge in [0.2, 0.25) is 0 Å². The number of hydrogen-bond donors (Lipinski definition) is 0. The molecule has 0 spiro atoms. The summed E-state index contributed by atoms with van der Waals surface area (Å²) in [6.45, 7) is 2.62. The minimum Gasteiger partial charge on any atom is -0.466 e. The van der Waals surface area contributed by atoms with Crippen LogP contribution >= 0.6 is 24.0 Å². The molecule has 1 fully saturated rings. The first-order chi connectivity index (χ1) is 15.0. The molecule has 0 bridgehead atoms. The summed E-state index contributed by atoms with van der Waals surface area (Å²) in [5.74, 6) is -1.69. The number of allylic oxidation sites excluding steroid dienone is 1. The van der Waals surface area contributed by atoms with Crippen molar-refractivity contribution in [1.82, 2.24) is 0 Å². The van der Waals surface area contributed by atoms with Crippen LogP contribution in [0, 0.1) is 5.92 Å². The van der Waals surface area contributed by atoms with Gasteiger partial charge in [0, 0.05) is 5.56 Å². The summed E-state index contributed by atoms with van der Waals surface area (Å²) in [5, 5.41) is 0. The number of anilines is 1. The van der Waals surface area contributed by atoms with Crippen molar-refractivity contribution < 1.29 is 19.1 Å². The van der Waals surface area contributed by atoms with Crippen molar-refractivity contribution in [2.75, 3.05) is 11.5 Å². The highest BCUT2D eigenvalue weighted by atomic mass is 32.2. The number of thiocarbonyl (C=S) groups is 1. The standard InChI is InChI=1S/C24H21NO4S2/c1-2-12-29-19(26)13-17-21(27)22(31-24(17)30)20-16-10-6-7-11-18(16)25(23(20)28)14-15-8-4-3-5-9-15/h3-11,17H,2,12-14H2,1H3/b22-20+/t17-/m1/s1. The van der Waals surface area contributed by atoms with Gasteiger partial charge in [-0.15, -0.1) is 0 Å². The molecule has 0 aromatic heterocycles. The third-order valence-electron chi connectivity index (χ3n) is 5.20. The van der Waals surface area contributed by atoms with E-state index in [1.165, 1.54) is 0 Å². The Labute approximate surface area is 190 Å². The summed E-state index contributed by atoms with van der Waals surface area (Å²) in [4.78, 5) is 40.7. The third kappa shape index (κ3) is 4.20. The van der Waals surface area contributed by atoms with E-state index < -0.39 is 11.9 Å². The van der Waals surface area contributed by atoms with Crippen LogP contribution in [0.1, 0.15) is 30.9 Å². The molecule has 2 aliphatic rings. The van der Waals surface area contributed by atoms with Crippen LogP contribution in [0.25, 0.3) is 5.57 Å². The Morgan fingerprint density at radius 2 is 1.81 bits per heavy atom. The first kappa shape index (κ1) is 21.5. The third-order valence-corrected chi connectivity index (χ3v) is 6.83. The molecule has 0 radical (unpaired) electrons. The van der Waals surface area contributed by atoms with Gasteiger partial charge in [-0.05, 0) is 18.1 Å². The van der Waals surface area contributed by atoms with Gasteiger partial charge in [-0.25, -0.2) is 0 Å². The van der Waals surface area contributed by atoms with Crippen molar-refractivity contribution in [3.05, 3.63) is 70.6 Å². The Morgan fingerprint density at radius 1 is 1.10 bits per heavy atom. The van der Waals surface area contributed by atoms with E-state index in [2.05, 4.69) is 0 Å². The molecule has 0 saturated carbocycles. The molecule has 0 N–H and O–H groups in total. The lowest BCUT2D eigenvalue weighted by Crippen LogP contribution is -2.26. The minimum atomic E-state index is -0.741. The number of carbonyl (C=O) groups is 3. The van der Waals surface area contributed by atoms with Gasteiger partial charge in [0.1, 0.15) is 0 Å². The number of para-hydroxylation sites is 1. The van der Waals surface area contributed by atoms with E-state index in [1.54, 1.807) is 4.90 Å². The average Bonchev–Trinajstić information content (AvgIpc) is 3.20. The fraction of sp³-hybridized carbons (Fsp3) is 0.250. The Morgan fingerprint density at radius 3 is 2.55 bits per heavy atom. The number of ether oxygens (including phenoxy) is 1. The number of nitrogens with zero attached hydrogens (tertiary/aromatic N) is 1. The van der Waals surface area contributed by atoms with Gasteiger partial charge < -0.3 is 9.64 Å². The van der Waals surface area contributed by atoms with Crippen LogP contribution < -0.4 is 4.90 Å². The second-order valence-electron chi connectivity index (χ2n) is 7.36. The van der Waals surface area contributed by atoms with E-state index in [0.29, 0.717) is 34.2 Å². The van der Waals surface area contributed by atoms with Gasteiger partial charge in [-0.2, -0.15) is 0 Å². The van der Waals surface area contributed by atoms with Crippen LogP contribution in [0.5, 0.6) is 0 Å². The van der Waals surface area contributed by atoms with Crippen LogP contribution in [-0.4, -0.2) is 28.5 Å². The van der Waals surface area contributed by atoms with Crippen LogP contribution in [0.3, 0.4) is 0 Å². The van der Waals surface area contributed by atoms with Crippen molar-refractivity contribution in [3.8, 4) is 0 Å². The van der Waals surface area contributed by atoms with E-state index >= 15 is 0 Å². The lowest BCUT2D eigenvalue weighted by Gasteiger charge is -2.17. The first-order valence-electron chi connectivity index (χ1n) is 10.1. The normalized spacial score (nSPS) is 20.4. The number of fused-ring (bicyclic) bond motifs is 1. The zero-order valence-electron chi connectivity index (χ0n) is 17.0. The predicted molar refractivity (Wildman–Crippen MR) is 126 cm³/mol. The number of ketones is 1. The quantitative estimate of drug-likeness (QED) is 0.365. The molecule has 0 unspecified atom stereocenters. The number of esters is 1. The van der Waals surface area contributed by atoms with Gasteiger partial charge in [-0.1, -0.05) is 79.4 Å². The zero-order chi connectivity index (χ0) is 22.0. The summed E-state index contributed by atoms with van der Waals surface area (Å²) < 4.78 is 5.53. The van der Waals surface area contributed by atoms with E-state index in [-0.39, 0.29) is 18.1 Å². The molecule has 1 atom stereocenters. The smallest absolute Gasteiger partial charge is 0.306 e. The van der Waals surface area contributed by atoms with Gasteiger partial charge in [0.25, 0.3) is 5.91 Å². The van der Waals surface area contributed by atoms with E-state index in [1.807, 2.05) is 61.5 Å². The van der Waals surface area contributed by atoms with Gasteiger partial charge in [0.05, 0.1) is 45.9 Å². The highest BCUT2D eigenvalue weighted by molar-refractivity contribution is 8.27. The molecule has 31 heavy (non-hydrogen) atoms. The van der Waals surface area contributed by atoms with Crippen molar-refractivity contribution in [1.29, 1.82) is 0 Å². The fourth-order valence-electron chi connectivity index (χ4n) is 3.70. The van der Waals surface area contributed by atoms with Crippen LogP contribution in [0.15, 0.2) is 59.5 Å². The Balaban J connectivity index is 1.67. The topological polar surface area (TPSA) is 63.7 Å². The van der Waals surface area contributed by atoms with Crippen LogP contribution in [0.2, 0.25) is 0 Å². The molecule has 0 aliphatic carbocycles. The summed E-state index contributed by atoms with van der Waals surface area (Å²) in [5.41, 5.74) is 2.85. The number of thioether (sulfide) groups is 1. The molecule has 2 aromatic rings. The highest BCUT2D eigenvalue weighted by Gasteiger charge is 2.43. The Kier molecular flexibility index (Phi) is 6.34. The second kappa shape index (κ2) is 9.16. The lowest BCUT2D eigenvalue weighted by atomic mass is 9.98. The molecular formula is C24H21NO4S2. The molecular weight excluding hydrogens is 430 g/mol. The van der Waals surface area contributed by atoms with Crippen molar-refractivity contribution >= 4 is 57.1 Å². The SMILES string of the molecule is CCCOC(=O)C[C@@H]1C(=O)/C(=C2\C(=O)N(Cc3ccccc3)c3ccccc32)SC1=S. The molecule has 2 heterocycles. The Bertz CT molecular complexity index is 1090. The van der Waals surface area contributed by atoms with Gasteiger partial charge in [0.15, 0.2) is 5.78 Å². The summed E-state index contributed by atoms with van der Waals surface area (Å²) in [6.07, 6.45) is 0.617. The van der Waals surface area contributed by atoms with Crippen LogP contribution in [-0.2, 0) is 25.7 Å². The second-order valence-corrected chi connectivity index (χ2v) is 9.11. The van der Waals surface area contributed by atoms with Gasteiger partial charge >= 0.3 is 5.97 Å². The average molecular weight is 452 g/mol. The van der Waals surface area contributed by atoms with E-state index in [9.17, 15) is 14.4 Å². The molecule has 2 aliphatic heterocycles. The minimum absolute atomic E-state index is 0.0922. The molecule has 7 heteroatoms. The lowest BCUT2D eigenvalue weighted by molar-refractivity contribution is -0.145. The van der Waals surface area contributed by atoms with Crippen molar-refractivity contribution in [2.24, 2.45) is 5.92 Å². The van der Waals surface area contributed by atoms with Crippen LogP contribution in [0.4, 0.5) is 5.69 Å². The summed E-state index contributed by atoms with van der Waals surface area (Å²) in [7, 11) is 0. The maximum Gasteiger partial charge on any atom is 0.306 e. The fourth-order valence-corrected chi connectivity index (χ4v) is 5.22. The maximum absolute atomic E-state index is 13.4. The monoisotopic (exact) mass is 451 g/mol.